The average molecular weight is 245 g/mol. The SMILES string of the molecule is CNC(CC1=CCCCC1)Cc1cccnc1N. The molecule has 0 saturated carbocycles. The highest BCUT2D eigenvalue weighted by atomic mass is 14.9. The zero-order chi connectivity index (χ0) is 12.8. The van der Waals surface area contributed by atoms with Crippen molar-refractivity contribution in [3.05, 3.63) is 35.5 Å². The van der Waals surface area contributed by atoms with Crippen LogP contribution in [0.1, 0.15) is 37.7 Å². The number of nitrogen functional groups attached to an aromatic ring is 1. The number of rotatable bonds is 5. The van der Waals surface area contributed by atoms with Gasteiger partial charge in [0, 0.05) is 12.2 Å². The molecule has 2 rings (SSSR count). The lowest BCUT2D eigenvalue weighted by Crippen LogP contribution is -2.28. The summed E-state index contributed by atoms with van der Waals surface area (Å²) in [6.45, 7) is 0. The van der Waals surface area contributed by atoms with Crippen LogP contribution in [-0.2, 0) is 6.42 Å². The maximum absolute atomic E-state index is 5.90. The van der Waals surface area contributed by atoms with Crippen molar-refractivity contribution in [2.45, 2.75) is 44.6 Å². The summed E-state index contributed by atoms with van der Waals surface area (Å²) < 4.78 is 0. The van der Waals surface area contributed by atoms with Gasteiger partial charge in [-0.25, -0.2) is 4.98 Å². The van der Waals surface area contributed by atoms with Crippen molar-refractivity contribution in [3.8, 4) is 0 Å². The first kappa shape index (κ1) is 13.1. The van der Waals surface area contributed by atoms with Crippen molar-refractivity contribution in [2.75, 3.05) is 12.8 Å². The van der Waals surface area contributed by atoms with Gasteiger partial charge in [0.1, 0.15) is 5.82 Å². The van der Waals surface area contributed by atoms with Crippen LogP contribution in [0.3, 0.4) is 0 Å². The van der Waals surface area contributed by atoms with Crippen molar-refractivity contribution < 1.29 is 0 Å². The Kier molecular flexibility index (Phi) is 4.76. The molecule has 0 saturated heterocycles. The monoisotopic (exact) mass is 245 g/mol. The minimum absolute atomic E-state index is 0.459. The summed E-state index contributed by atoms with van der Waals surface area (Å²) in [5.74, 6) is 0.662. The maximum atomic E-state index is 5.90. The lowest BCUT2D eigenvalue weighted by atomic mass is 9.92. The molecule has 1 aliphatic carbocycles. The van der Waals surface area contributed by atoms with Crippen LogP contribution in [0.15, 0.2) is 30.0 Å². The molecule has 0 radical (unpaired) electrons. The van der Waals surface area contributed by atoms with Crippen molar-refractivity contribution in [1.29, 1.82) is 0 Å². The summed E-state index contributed by atoms with van der Waals surface area (Å²) in [6, 6.07) is 4.49. The zero-order valence-electron chi connectivity index (χ0n) is 11.2. The van der Waals surface area contributed by atoms with E-state index in [-0.39, 0.29) is 0 Å². The predicted octanol–water partition coefficient (Wildman–Crippen LogP) is 2.68. The van der Waals surface area contributed by atoms with Crippen molar-refractivity contribution in [1.82, 2.24) is 10.3 Å². The quantitative estimate of drug-likeness (QED) is 0.784. The number of pyridine rings is 1. The second kappa shape index (κ2) is 6.55. The molecule has 18 heavy (non-hydrogen) atoms. The number of hydrogen-bond donors (Lipinski definition) is 2. The van der Waals surface area contributed by atoms with Gasteiger partial charge in [-0.3, -0.25) is 0 Å². The van der Waals surface area contributed by atoms with Gasteiger partial charge >= 0.3 is 0 Å². The second-order valence-electron chi connectivity index (χ2n) is 5.05. The van der Waals surface area contributed by atoms with Crippen LogP contribution in [0.5, 0.6) is 0 Å². The van der Waals surface area contributed by atoms with Gasteiger partial charge in [-0.05, 0) is 57.2 Å². The average Bonchev–Trinajstić information content (AvgIpc) is 2.41. The van der Waals surface area contributed by atoms with Crippen LogP contribution in [0.25, 0.3) is 0 Å². The highest BCUT2D eigenvalue weighted by Crippen LogP contribution is 2.23. The van der Waals surface area contributed by atoms with Crippen LogP contribution < -0.4 is 11.1 Å². The van der Waals surface area contributed by atoms with E-state index in [0.717, 1.165) is 18.4 Å². The van der Waals surface area contributed by atoms with E-state index in [1.165, 1.54) is 25.7 Å². The van der Waals surface area contributed by atoms with Gasteiger partial charge in [0.15, 0.2) is 0 Å². The third kappa shape index (κ3) is 3.57. The largest absolute Gasteiger partial charge is 0.383 e. The number of anilines is 1. The van der Waals surface area contributed by atoms with Crippen LogP contribution in [-0.4, -0.2) is 18.1 Å². The van der Waals surface area contributed by atoms with Crippen LogP contribution in [0.2, 0.25) is 0 Å². The number of nitrogens with one attached hydrogen (secondary N) is 1. The van der Waals surface area contributed by atoms with Gasteiger partial charge in [0.2, 0.25) is 0 Å². The summed E-state index contributed by atoms with van der Waals surface area (Å²) >= 11 is 0. The van der Waals surface area contributed by atoms with Gasteiger partial charge in [-0.1, -0.05) is 17.7 Å². The summed E-state index contributed by atoms with van der Waals surface area (Å²) in [7, 11) is 2.03. The number of nitrogens with two attached hydrogens (primary N) is 1. The number of likely N-dealkylation sites (N-methyl/N-ethyl adjacent to an activating group) is 1. The van der Waals surface area contributed by atoms with E-state index in [0.29, 0.717) is 11.9 Å². The predicted molar refractivity (Wildman–Crippen MR) is 76.4 cm³/mol. The van der Waals surface area contributed by atoms with Gasteiger partial charge in [0.05, 0.1) is 0 Å². The van der Waals surface area contributed by atoms with E-state index in [1.807, 2.05) is 13.1 Å². The molecule has 0 aromatic carbocycles. The van der Waals surface area contributed by atoms with Gasteiger partial charge in [0.25, 0.3) is 0 Å². The van der Waals surface area contributed by atoms with E-state index in [9.17, 15) is 0 Å². The minimum atomic E-state index is 0.459. The Morgan fingerprint density at radius 2 is 2.28 bits per heavy atom. The van der Waals surface area contributed by atoms with Gasteiger partial charge in [-0.15, -0.1) is 0 Å². The molecule has 1 heterocycles. The molecule has 0 fully saturated rings. The third-order valence-corrected chi connectivity index (χ3v) is 3.69. The number of aromatic nitrogens is 1. The number of allylic oxidation sites excluding steroid dienone is 1. The Bertz CT molecular complexity index is 412. The van der Waals surface area contributed by atoms with Crippen molar-refractivity contribution in [2.24, 2.45) is 0 Å². The first-order valence-corrected chi connectivity index (χ1v) is 6.84. The molecule has 1 aromatic heterocycles. The molecule has 1 atom stereocenters. The Labute approximate surface area is 109 Å². The number of nitrogens with zero attached hydrogens (tertiary/aromatic N) is 1. The fourth-order valence-corrected chi connectivity index (χ4v) is 2.57. The molecule has 3 heteroatoms. The minimum Gasteiger partial charge on any atom is -0.383 e. The van der Waals surface area contributed by atoms with Crippen LogP contribution in [0.4, 0.5) is 5.82 Å². The molecule has 0 aliphatic heterocycles. The highest BCUT2D eigenvalue weighted by molar-refractivity contribution is 5.39. The summed E-state index contributed by atoms with van der Waals surface area (Å²) in [6.07, 6.45) is 11.5. The summed E-state index contributed by atoms with van der Waals surface area (Å²) in [5.41, 5.74) is 8.65. The Balaban J connectivity index is 1.97. The second-order valence-corrected chi connectivity index (χ2v) is 5.05. The fraction of sp³-hybridized carbons (Fsp3) is 0.533. The smallest absolute Gasteiger partial charge is 0.126 e. The van der Waals surface area contributed by atoms with Gasteiger partial charge < -0.3 is 11.1 Å². The first-order chi connectivity index (χ1) is 8.79. The van der Waals surface area contributed by atoms with Crippen LogP contribution in [0, 0.1) is 0 Å². The molecular weight excluding hydrogens is 222 g/mol. The zero-order valence-corrected chi connectivity index (χ0v) is 11.2. The molecule has 1 aromatic rings. The van der Waals surface area contributed by atoms with E-state index >= 15 is 0 Å². The van der Waals surface area contributed by atoms with Crippen molar-refractivity contribution in [3.63, 3.8) is 0 Å². The summed E-state index contributed by atoms with van der Waals surface area (Å²) in [5, 5.41) is 3.40. The molecule has 98 valence electrons. The van der Waals surface area contributed by atoms with Gasteiger partial charge in [-0.2, -0.15) is 0 Å². The van der Waals surface area contributed by atoms with E-state index in [2.05, 4.69) is 22.4 Å². The normalized spacial score (nSPS) is 17.3. The Morgan fingerprint density at radius 3 is 2.94 bits per heavy atom. The van der Waals surface area contributed by atoms with Crippen LogP contribution >= 0.6 is 0 Å². The summed E-state index contributed by atoms with van der Waals surface area (Å²) in [4.78, 5) is 4.15. The molecule has 1 unspecified atom stereocenters. The topological polar surface area (TPSA) is 50.9 Å². The molecular formula is C15H23N3. The lowest BCUT2D eigenvalue weighted by molar-refractivity contribution is 0.532. The molecule has 0 spiro atoms. The molecule has 1 aliphatic rings. The van der Waals surface area contributed by atoms with E-state index in [4.69, 9.17) is 5.73 Å². The first-order valence-electron chi connectivity index (χ1n) is 6.84. The molecule has 0 bridgehead atoms. The molecule has 0 amide bonds. The van der Waals surface area contributed by atoms with E-state index < -0.39 is 0 Å². The standard InChI is InChI=1S/C15H23N3/c1-17-14(10-12-6-3-2-4-7-12)11-13-8-5-9-18-15(13)16/h5-6,8-9,14,17H,2-4,7,10-11H2,1H3,(H2,16,18). The molecule has 3 nitrogen and oxygen atoms in total. The van der Waals surface area contributed by atoms with Crippen molar-refractivity contribution >= 4 is 5.82 Å². The third-order valence-electron chi connectivity index (χ3n) is 3.69. The fourth-order valence-electron chi connectivity index (χ4n) is 2.57. The Morgan fingerprint density at radius 1 is 1.39 bits per heavy atom. The lowest BCUT2D eigenvalue weighted by Gasteiger charge is -2.20. The molecule has 3 N–H and O–H groups in total. The van der Waals surface area contributed by atoms with E-state index in [1.54, 1.807) is 11.8 Å². The maximum Gasteiger partial charge on any atom is 0.126 e. The highest BCUT2D eigenvalue weighted by Gasteiger charge is 2.13. The Hall–Kier alpha value is -1.35. The number of hydrogen-bond acceptors (Lipinski definition) is 3.